The van der Waals surface area contributed by atoms with Crippen LogP contribution in [0.3, 0.4) is 0 Å². The van der Waals surface area contributed by atoms with Crippen LogP contribution in [0.25, 0.3) is 22.2 Å². The molecular weight excluding hydrogens is 593 g/mol. The van der Waals surface area contributed by atoms with Gasteiger partial charge in [0, 0.05) is 61.1 Å². The van der Waals surface area contributed by atoms with Crippen molar-refractivity contribution in [3.8, 4) is 11.3 Å². The fraction of sp³-hybridized carbons (Fsp3) is 0.355. The Morgan fingerprint density at radius 2 is 1.96 bits per heavy atom. The first kappa shape index (κ1) is 31.7. The summed E-state index contributed by atoms with van der Waals surface area (Å²) < 4.78 is 57.4. The normalized spacial score (nSPS) is 15.2. The van der Waals surface area contributed by atoms with E-state index in [9.17, 15) is 22.8 Å². The van der Waals surface area contributed by atoms with E-state index in [-0.39, 0.29) is 35.4 Å². The summed E-state index contributed by atoms with van der Waals surface area (Å²) in [6.45, 7) is 3.34. The first-order chi connectivity index (χ1) is 21.7. The van der Waals surface area contributed by atoms with Crippen molar-refractivity contribution >= 4 is 28.9 Å². The summed E-state index contributed by atoms with van der Waals surface area (Å²) in [6.07, 6.45) is -2.21. The van der Waals surface area contributed by atoms with Crippen molar-refractivity contribution in [1.29, 1.82) is 0 Å². The molecule has 1 amide bonds. The van der Waals surface area contributed by atoms with E-state index in [1.165, 1.54) is 25.4 Å². The first-order valence-corrected chi connectivity index (χ1v) is 14.4. The number of ether oxygens (including phenoxy) is 3. The lowest BCUT2D eigenvalue weighted by molar-refractivity contribution is -0.137. The Morgan fingerprint density at radius 1 is 1.13 bits per heavy atom. The van der Waals surface area contributed by atoms with Crippen molar-refractivity contribution in [2.24, 2.45) is 0 Å². The number of amides is 1. The van der Waals surface area contributed by atoms with Gasteiger partial charge in [-0.1, -0.05) is 36.4 Å². The molecule has 0 saturated carbocycles. The van der Waals surface area contributed by atoms with Crippen molar-refractivity contribution in [3.63, 3.8) is 0 Å². The summed E-state index contributed by atoms with van der Waals surface area (Å²) in [5, 5.41) is 6.30. The molecule has 238 valence electrons. The molecule has 4 aromatic rings. The van der Waals surface area contributed by atoms with E-state index < -0.39 is 23.8 Å². The van der Waals surface area contributed by atoms with Crippen LogP contribution < -0.4 is 10.6 Å². The number of benzene rings is 2. The Hall–Kier alpha value is -4.69. The number of alkyl halides is 3. The number of halogens is 3. The number of aromatic amines is 1. The van der Waals surface area contributed by atoms with Crippen molar-refractivity contribution in [2.75, 3.05) is 51.8 Å². The van der Waals surface area contributed by atoms with E-state index in [2.05, 4.69) is 30.5 Å². The molecule has 45 heavy (non-hydrogen) atoms. The number of likely N-dealkylation sites (tertiary alicyclic amines) is 1. The van der Waals surface area contributed by atoms with Gasteiger partial charge in [-0.05, 0) is 24.1 Å². The fourth-order valence-corrected chi connectivity index (χ4v) is 5.06. The van der Waals surface area contributed by atoms with Gasteiger partial charge in [-0.3, -0.25) is 4.90 Å². The van der Waals surface area contributed by atoms with Gasteiger partial charge in [-0.25, -0.2) is 19.6 Å². The SMILES string of the molecule is COC(=O)c1ccc2c(-c3nc(N[C@@H]4CCN(CCOCCNC(=O)OCc5ccccc5)C4)ncc3C(F)(F)F)c[nH]c2c1. The van der Waals surface area contributed by atoms with Gasteiger partial charge in [0.25, 0.3) is 0 Å². The number of methoxy groups -OCH3 is 1. The van der Waals surface area contributed by atoms with Crippen molar-refractivity contribution in [2.45, 2.75) is 25.2 Å². The van der Waals surface area contributed by atoms with Crippen LogP contribution in [0, 0.1) is 0 Å². The van der Waals surface area contributed by atoms with Gasteiger partial charge in [0.1, 0.15) is 12.2 Å². The van der Waals surface area contributed by atoms with Crippen LogP contribution in [0.15, 0.2) is 60.9 Å². The van der Waals surface area contributed by atoms with E-state index in [0.717, 1.165) is 24.7 Å². The molecule has 0 radical (unpaired) electrons. The molecule has 0 spiro atoms. The maximum Gasteiger partial charge on any atom is 0.419 e. The summed E-state index contributed by atoms with van der Waals surface area (Å²) in [4.78, 5) is 37.1. The molecule has 0 bridgehead atoms. The van der Waals surface area contributed by atoms with Crippen molar-refractivity contribution in [3.05, 3.63) is 77.6 Å². The standard InChI is InChI=1S/C31H33F3N6O5/c1-43-28(41)21-7-8-23-24(16-36-26(23)15-21)27-25(31(32,33)34)17-37-29(39-27)38-22-9-11-40(18-22)12-14-44-13-10-35-30(42)45-19-20-5-3-2-4-6-20/h2-8,15-17,22,36H,9-14,18-19H2,1H3,(H,35,42)(H,37,38,39)/t22-/m1/s1. The summed E-state index contributed by atoms with van der Waals surface area (Å²) in [7, 11) is 1.25. The second-order valence-electron chi connectivity index (χ2n) is 10.4. The lowest BCUT2D eigenvalue weighted by atomic mass is 10.0. The van der Waals surface area contributed by atoms with Gasteiger partial charge in [-0.2, -0.15) is 13.2 Å². The number of anilines is 1. The molecule has 1 fully saturated rings. The van der Waals surface area contributed by atoms with Gasteiger partial charge in [-0.15, -0.1) is 0 Å². The highest BCUT2D eigenvalue weighted by Crippen LogP contribution is 2.39. The topological polar surface area (TPSA) is 131 Å². The van der Waals surface area contributed by atoms with Gasteiger partial charge in [0.2, 0.25) is 5.95 Å². The summed E-state index contributed by atoms with van der Waals surface area (Å²) >= 11 is 0. The van der Waals surface area contributed by atoms with Crippen LogP contribution in [0.2, 0.25) is 0 Å². The minimum atomic E-state index is -4.68. The Labute approximate surface area is 257 Å². The highest BCUT2D eigenvalue weighted by atomic mass is 19.4. The molecule has 2 aromatic heterocycles. The quantitative estimate of drug-likeness (QED) is 0.149. The van der Waals surface area contributed by atoms with Crippen molar-refractivity contribution in [1.82, 2.24) is 25.2 Å². The van der Waals surface area contributed by atoms with Gasteiger partial charge in [0.15, 0.2) is 0 Å². The number of carbonyl (C=O) groups is 2. The Kier molecular flexibility index (Phi) is 10.1. The van der Waals surface area contributed by atoms with Crippen LogP contribution in [0.5, 0.6) is 0 Å². The van der Waals surface area contributed by atoms with E-state index in [1.54, 1.807) is 6.07 Å². The maximum atomic E-state index is 14.0. The molecule has 3 N–H and O–H groups in total. The number of hydrogen-bond acceptors (Lipinski definition) is 9. The lowest BCUT2D eigenvalue weighted by Crippen LogP contribution is -2.31. The first-order valence-electron chi connectivity index (χ1n) is 14.4. The fourth-order valence-electron chi connectivity index (χ4n) is 5.06. The molecule has 1 saturated heterocycles. The highest BCUT2D eigenvalue weighted by molar-refractivity contribution is 6.00. The second-order valence-corrected chi connectivity index (χ2v) is 10.4. The molecule has 1 aliphatic rings. The van der Waals surface area contributed by atoms with Crippen LogP contribution in [-0.2, 0) is 27.0 Å². The summed E-state index contributed by atoms with van der Waals surface area (Å²) in [5.74, 6) is -0.463. The minimum absolute atomic E-state index is 0.0683. The zero-order valence-corrected chi connectivity index (χ0v) is 24.5. The number of fused-ring (bicyclic) bond motifs is 1. The number of nitrogens with one attached hydrogen (secondary N) is 3. The molecule has 1 atom stereocenters. The third-order valence-electron chi connectivity index (χ3n) is 7.34. The van der Waals surface area contributed by atoms with Crippen LogP contribution in [-0.4, -0.2) is 84.5 Å². The van der Waals surface area contributed by atoms with E-state index >= 15 is 0 Å². The Balaban J connectivity index is 1.11. The van der Waals surface area contributed by atoms with E-state index in [4.69, 9.17) is 14.2 Å². The van der Waals surface area contributed by atoms with E-state index in [0.29, 0.717) is 43.8 Å². The predicted molar refractivity (Wildman–Crippen MR) is 160 cm³/mol. The zero-order valence-electron chi connectivity index (χ0n) is 24.5. The van der Waals surface area contributed by atoms with Crippen LogP contribution >= 0.6 is 0 Å². The predicted octanol–water partition coefficient (Wildman–Crippen LogP) is 4.86. The molecule has 0 unspecified atom stereocenters. The number of H-pyrrole nitrogens is 1. The molecule has 14 heteroatoms. The molecular formula is C31H33F3N6O5. The number of hydrogen-bond donors (Lipinski definition) is 3. The van der Waals surface area contributed by atoms with Gasteiger partial charge >= 0.3 is 18.2 Å². The monoisotopic (exact) mass is 626 g/mol. The largest absolute Gasteiger partial charge is 0.465 e. The van der Waals surface area contributed by atoms with Crippen LogP contribution in [0.1, 0.15) is 27.9 Å². The average molecular weight is 627 g/mol. The average Bonchev–Trinajstić information content (AvgIpc) is 3.67. The molecule has 2 aromatic carbocycles. The highest BCUT2D eigenvalue weighted by Gasteiger charge is 2.36. The van der Waals surface area contributed by atoms with Gasteiger partial charge < -0.3 is 29.8 Å². The Bertz CT molecular complexity index is 1610. The summed E-state index contributed by atoms with van der Waals surface area (Å²) in [6, 6.07) is 13.9. The van der Waals surface area contributed by atoms with E-state index in [1.807, 2.05) is 30.3 Å². The van der Waals surface area contributed by atoms with Crippen LogP contribution in [0.4, 0.5) is 23.9 Å². The zero-order chi connectivity index (χ0) is 31.8. The molecule has 5 rings (SSSR count). The molecule has 11 nitrogen and oxygen atoms in total. The Morgan fingerprint density at radius 3 is 2.73 bits per heavy atom. The molecule has 3 heterocycles. The smallest absolute Gasteiger partial charge is 0.419 e. The number of aromatic nitrogens is 3. The lowest BCUT2D eigenvalue weighted by Gasteiger charge is -2.18. The third kappa shape index (κ3) is 8.28. The maximum absolute atomic E-state index is 14.0. The van der Waals surface area contributed by atoms with Gasteiger partial charge in [0.05, 0.1) is 31.6 Å². The minimum Gasteiger partial charge on any atom is -0.465 e. The number of alkyl carbamates (subject to hydrolysis) is 1. The third-order valence-corrected chi connectivity index (χ3v) is 7.34. The number of nitrogens with zero attached hydrogens (tertiary/aromatic N) is 3. The number of esters is 1. The number of rotatable bonds is 12. The molecule has 0 aliphatic carbocycles. The molecule has 1 aliphatic heterocycles. The summed E-state index contributed by atoms with van der Waals surface area (Å²) in [5.41, 5.74) is 0.656. The van der Waals surface area contributed by atoms with Crippen molar-refractivity contribution < 1.29 is 37.0 Å². The second kappa shape index (κ2) is 14.4. The number of carbonyl (C=O) groups excluding carboxylic acids is 2.